The van der Waals surface area contributed by atoms with Crippen LogP contribution in [-0.4, -0.2) is 30.8 Å². The molecule has 7 heteroatoms. The van der Waals surface area contributed by atoms with Crippen LogP contribution in [0.25, 0.3) is 11.0 Å². The van der Waals surface area contributed by atoms with Crippen LogP contribution in [0.15, 0.2) is 16.9 Å². The first-order valence-corrected chi connectivity index (χ1v) is 12.8. The Morgan fingerprint density at radius 3 is 2.76 bits per heavy atom. The van der Waals surface area contributed by atoms with Gasteiger partial charge in [0.2, 0.25) is 0 Å². The van der Waals surface area contributed by atoms with Gasteiger partial charge in [0, 0.05) is 37.2 Å². The summed E-state index contributed by atoms with van der Waals surface area (Å²) in [6.07, 6.45) is 3.84. The highest BCUT2D eigenvalue weighted by molar-refractivity contribution is 14.1. The molecule has 2 aromatic rings. The number of hydrogen-bond donors (Lipinski definition) is 0. The molecule has 0 saturated heterocycles. The smallest absolute Gasteiger partial charge is 0.142 e. The maximum absolute atomic E-state index is 6.35. The van der Waals surface area contributed by atoms with Crippen molar-refractivity contribution >= 4 is 69.2 Å². The van der Waals surface area contributed by atoms with Gasteiger partial charge in [-0.15, -0.1) is 0 Å². The van der Waals surface area contributed by atoms with Crippen molar-refractivity contribution in [3.05, 3.63) is 25.5 Å². The number of halogens is 3. The van der Waals surface area contributed by atoms with Crippen molar-refractivity contribution < 1.29 is 4.74 Å². The van der Waals surface area contributed by atoms with Crippen molar-refractivity contribution in [2.45, 2.75) is 32.2 Å². The number of fused-ring (bicyclic) bond motifs is 1. The predicted molar refractivity (Wildman–Crippen MR) is 104 cm³/mol. The van der Waals surface area contributed by atoms with Crippen molar-refractivity contribution in [2.24, 2.45) is 0 Å². The van der Waals surface area contributed by atoms with E-state index >= 15 is 0 Å². The highest BCUT2D eigenvalue weighted by atomic mass is 127. The Morgan fingerprint density at radius 2 is 2.10 bits per heavy atom. The van der Waals surface area contributed by atoms with Crippen LogP contribution in [0.3, 0.4) is 0 Å². The molecule has 0 fully saturated rings. The first-order chi connectivity index (χ1) is 9.79. The van der Waals surface area contributed by atoms with Gasteiger partial charge in [-0.05, 0) is 44.6 Å². The Bertz CT molecular complexity index is 642. The van der Waals surface area contributed by atoms with Crippen LogP contribution in [0.5, 0.6) is 0 Å². The largest absolute Gasteiger partial charge is 0.380 e. The fourth-order valence-electron chi connectivity index (χ4n) is 1.96. The number of pyridine rings is 1. The van der Waals surface area contributed by atoms with Crippen molar-refractivity contribution in [3.8, 4) is 0 Å². The molecule has 0 spiro atoms. The van der Waals surface area contributed by atoms with Gasteiger partial charge < -0.3 is 9.30 Å². The lowest BCUT2D eigenvalue weighted by Gasteiger charge is -2.15. The quantitative estimate of drug-likeness (QED) is 0.301. The Labute approximate surface area is 153 Å². The Hall–Kier alpha value is 0.367. The number of rotatable bonds is 6. The van der Waals surface area contributed by atoms with E-state index in [1.165, 1.54) is 6.04 Å². The molecule has 0 aromatic carbocycles. The monoisotopic (exact) mass is 500 g/mol. The Morgan fingerprint density at radius 1 is 1.38 bits per heavy atom. The fourth-order valence-corrected chi connectivity index (χ4v) is 4.26. The second-order valence-corrected chi connectivity index (χ2v) is 14.2. The molecule has 3 nitrogen and oxygen atoms in total. The first-order valence-electron chi connectivity index (χ1n) is 6.86. The van der Waals surface area contributed by atoms with Crippen LogP contribution in [0.1, 0.15) is 0 Å². The van der Waals surface area contributed by atoms with E-state index in [0.29, 0.717) is 6.61 Å². The maximum Gasteiger partial charge on any atom is 0.142 e. The Kier molecular flexibility index (Phi) is 6.15. The van der Waals surface area contributed by atoms with E-state index < -0.39 is 8.07 Å². The van der Waals surface area contributed by atoms with Gasteiger partial charge in [-0.3, -0.25) is 0 Å². The van der Waals surface area contributed by atoms with Crippen molar-refractivity contribution in [3.63, 3.8) is 0 Å². The minimum Gasteiger partial charge on any atom is -0.380 e. The molecule has 116 valence electrons. The number of aromatic nitrogens is 2. The highest BCUT2D eigenvalue weighted by Gasteiger charge is 2.14. The predicted octanol–water partition coefficient (Wildman–Crippen LogP) is 5.41. The second-order valence-electron chi connectivity index (χ2n) is 6.21. The fraction of sp³-hybridized carbons (Fsp3) is 0.500. The van der Waals surface area contributed by atoms with Gasteiger partial charge in [-0.25, -0.2) is 4.98 Å². The summed E-state index contributed by atoms with van der Waals surface area (Å²) in [5.74, 6) is 0. The zero-order chi connectivity index (χ0) is 15.6. The molecule has 0 atom stereocenters. The number of ether oxygens (including phenoxy) is 1. The minimum atomic E-state index is -1.01. The normalized spacial score (nSPS) is 12.3. The van der Waals surface area contributed by atoms with Crippen LogP contribution in [0.2, 0.25) is 30.7 Å². The molecular weight excluding hydrogens is 483 g/mol. The van der Waals surface area contributed by atoms with Crippen LogP contribution < -0.4 is 0 Å². The van der Waals surface area contributed by atoms with Crippen molar-refractivity contribution in [1.82, 2.24) is 9.55 Å². The number of nitrogens with zero attached hydrogens (tertiary/aromatic N) is 2. The Balaban J connectivity index is 2.02. The summed E-state index contributed by atoms with van der Waals surface area (Å²) in [4.78, 5) is 4.48. The lowest BCUT2D eigenvalue weighted by atomic mass is 10.3. The van der Waals surface area contributed by atoms with Crippen molar-refractivity contribution in [2.75, 3.05) is 13.2 Å². The van der Waals surface area contributed by atoms with Gasteiger partial charge in [-0.1, -0.05) is 31.2 Å². The summed E-state index contributed by atoms with van der Waals surface area (Å²) in [6.45, 7) is 9.45. The average Bonchev–Trinajstić information content (AvgIpc) is 2.69. The molecule has 21 heavy (non-hydrogen) atoms. The van der Waals surface area contributed by atoms with E-state index in [2.05, 4.69) is 73.9 Å². The summed E-state index contributed by atoms with van der Waals surface area (Å²) in [5, 5.41) is 1.73. The van der Waals surface area contributed by atoms with Crippen LogP contribution in [0, 0.1) is 3.57 Å². The van der Waals surface area contributed by atoms with Crippen LogP contribution in [0.4, 0.5) is 0 Å². The average molecular weight is 502 g/mol. The topological polar surface area (TPSA) is 27.1 Å². The highest BCUT2D eigenvalue weighted by Crippen LogP contribution is 2.33. The SMILES string of the molecule is C[Si](C)(C)CCOCCn1cc(I)c2c(Cl)c(Br)cnc21. The first kappa shape index (κ1) is 17.7. The summed E-state index contributed by atoms with van der Waals surface area (Å²) < 4.78 is 9.83. The molecule has 0 saturated carbocycles. The summed E-state index contributed by atoms with van der Waals surface area (Å²) in [5.41, 5.74) is 0.918. The molecule has 0 N–H and O–H groups in total. The van der Waals surface area contributed by atoms with E-state index in [1.807, 2.05) is 0 Å². The van der Waals surface area contributed by atoms with E-state index in [1.54, 1.807) is 6.20 Å². The zero-order valence-electron chi connectivity index (χ0n) is 12.4. The van der Waals surface area contributed by atoms with Gasteiger partial charge in [0.05, 0.1) is 21.5 Å². The summed E-state index contributed by atoms with van der Waals surface area (Å²) >= 11 is 12.1. The standard InChI is InChI=1S/C14H19BrClIN2OSi/c1-21(2,3)7-6-20-5-4-19-9-11(17)12-13(16)10(15)8-18-14(12)19/h8-9H,4-7H2,1-3H3. The van der Waals surface area contributed by atoms with Gasteiger partial charge in [-0.2, -0.15) is 0 Å². The molecule has 0 unspecified atom stereocenters. The molecule has 0 radical (unpaired) electrons. The molecule has 0 bridgehead atoms. The van der Waals surface area contributed by atoms with E-state index in [4.69, 9.17) is 16.3 Å². The molecule has 2 rings (SSSR count). The molecule has 2 heterocycles. The minimum absolute atomic E-state index is 0.708. The van der Waals surface area contributed by atoms with E-state index in [9.17, 15) is 0 Å². The van der Waals surface area contributed by atoms with Gasteiger partial charge in [0.15, 0.2) is 0 Å². The molecule has 0 aliphatic carbocycles. The maximum atomic E-state index is 6.35. The van der Waals surface area contributed by atoms with E-state index in [0.717, 1.165) is 37.3 Å². The molecule has 0 aliphatic heterocycles. The summed E-state index contributed by atoms with van der Waals surface area (Å²) in [7, 11) is -1.01. The van der Waals surface area contributed by atoms with Crippen LogP contribution in [-0.2, 0) is 11.3 Å². The van der Waals surface area contributed by atoms with Crippen molar-refractivity contribution in [1.29, 1.82) is 0 Å². The summed E-state index contributed by atoms with van der Waals surface area (Å²) in [6, 6.07) is 1.20. The third-order valence-electron chi connectivity index (χ3n) is 3.21. The third-order valence-corrected chi connectivity index (χ3v) is 6.95. The third kappa shape index (κ3) is 4.67. The second kappa shape index (κ2) is 7.29. The molecule has 2 aromatic heterocycles. The lowest BCUT2D eigenvalue weighted by molar-refractivity contribution is 0.139. The van der Waals surface area contributed by atoms with Gasteiger partial charge in [0.25, 0.3) is 0 Å². The van der Waals surface area contributed by atoms with Gasteiger partial charge in [0.1, 0.15) is 5.65 Å². The molecule has 0 aliphatic rings. The molecule has 0 amide bonds. The lowest BCUT2D eigenvalue weighted by Crippen LogP contribution is -2.22. The van der Waals surface area contributed by atoms with Crippen LogP contribution >= 0.6 is 50.1 Å². The number of hydrogen-bond acceptors (Lipinski definition) is 2. The zero-order valence-corrected chi connectivity index (χ0v) is 17.9. The molecular formula is C14H19BrClIN2OSi. The van der Waals surface area contributed by atoms with E-state index in [-0.39, 0.29) is 0 Å². The van der Waals surface area contributed by atoms with Gasteiger partial charge >= 0.3 is 0 Å².